The lowest BCUT2D eigenvalue weighted by Gasteiger charge is -2.19. The molecule has 4 aromatic carbocycles. The number of phenols is 1. The second kappa shape index (κ2) is 8.12. The number of halogens is 4. The molecule has 4 aromatic rings. The third kappa shape index (κ3) is 4.32. The zero-order chi connectivity index (χ0) is 23.9. The number of aryl methyl sites for hydroxylation is 1. The monoisotopic (exact) mass is 456 g/mol. The molecule has 0 saturated heterocycles. The van der Waals surface area contributed by atoms with Gasteiger partial charge in [0.15, 0.2) is 0 Å². The second-order valence-corrected chi connectivity index (χ2v) is 7.42. The highest BCUT2D eigenvalue weighted by atomic mass is 19.4. The Morgan fingerprint density at radius 1 is 0.939 bits per heavy atom. The van der Waals surface area contributed by atoms with Crippen molar-refractivity contribution in [2.45, 2.75) is 13.1 Å². The zero-order valence-electron chi connectivity index (χ0n) is 17.1. The fourth-order valence-electron chi connectivity index (χ4n) is 3.70. The minimum Gasteiger partial charge on any atom is -0.508 e. The molecule has 0 amide bonds. The van der Waals surface area contributed by atoms with Crippen molar-refractivity contribution in [1.82, 2.24) is 0 Å². The molecule has 8 heteroatoms. The SMILES string of the molecule is Cc1cc2cc(O)ccc2c(Oc2ccc(C(=O)O)c(C(F)(F)F)c2)c1-c1ccc(F)cc1. The van der Waals surface area contributed by atoms with Crippen LogP contribution in [-0.2, 0) is 6.18 Å². The van der Waals surface area contributed by atoms with Gasteiger partial charge in [-0.2, -0.15) is 13.2 Å². The molecule has 0 heterocycles. The summed E-state index contributed by atoms with van der Waals surface area (Å²) in [7, 11) is 0. The van der Waals surface area contributed by atoms with E-state index in [1.165, 1.54) is 36.4 Å². The Hall–Kier alpha value is -4.07. The average Bonchev–Trinajstić information content (AvgIpc) is 2.73. The predicted octanol–water partition coefficient (Wildman–Crippen LogP) is 7.17. The number of fused-ring (bicyclic) bond motifs is 1. The van der Waals surface area contributed by atoms with Gasteiger partial charge in [0.1, 0.15) is 23.1 Å². The highest BCUT2D eigenvalue weighted by molar-refractivity contribution is 5.98. The molecule has 0 aliphatic rings. The van der Waals surface area contributed by atoms with E-state index < -0.39 is 29.1 Å². The van der Waals surface area contributed by atoms with E-state index in [0.29, 0.717) is 33.5 Å². The van der Waals surface area contributed by atoms with Gasteiger partial charge < -0.3 is 14.9 Å². The molecule has 0 aliphatic carbocycles. The molecule has 0 aliphatic heterocycles. The van der Waals surface area contributed by atoms with Gasteiger partial charge in [-0.15, -0.1) is 0 Å². The minimum atomic E-state index is -4.91. The summed E-state index contributed by atoms with van der Waals surface area (Å²) in [6.07, 6.45) is -4.91. The highest BCUT2D eigenvalue weighted by Gasteiger charge is 2.36. The highest BCUT2D eigenvalue weighted by Crippen LogP contribution is 2.44. The number of aromatic carboxylic acids is 1. The van der Waals surface area contributed by atoms with Crippen LogP contribution in [0.2, 0.25) is 0 Å². The smallest absolute Gasteiger partial charge is 0.417 e. The Morgan fingerprint density at radius 2 is 1.64 bits per heavy atom. The van der Waals surface area contributed by atoms with Gasteiger partial charge in [0.05, 0.1) is 11.1 Å². The third-order valence-corrected chi connectivity index (χ3v) is 5.15. The standard InChI is InChI=1S/C25H16F4O4/c1-13-10-15-11-17(30)6-8-19(15)23(22(13)14-2-4-16(26)5-3-14)33-18-7-9-20(24(31)32)21(12-18)25(27,28)29/h2-12,30H,1H3,(H,31,32). The Morgan fingerprint density at radius 3 is 2.27 bits per heavy atom. The molecule has 0 unspecified atom stereocenters. The molecule has 0 spiro atoms. The number of carboxylic acids is 1. The summed E-state index contributed by atoms with van der Waals surface area (Å²) < 4.78 is 59.9. The van der Waals surface area contributed by atoms with Crippen LogP contribution in [0.3, 0.4) is 0 Å². The van der Waals surface area contributed by atoms with Crippen LogP contribution in [0.4, 0.5) is 17.6 Å². The number of carboxylic acid groups (broad SMARTS) is 1. The molecule has 2 N–H and O–H groups in total. The van der Waals surface area contributed by atoms with Crippen LogP contribution in [-0.4, -0.2) is 16.2 Å². The van der Waals surface area contributed by atoms with E-state index >= 15 is 0 Å². The van der Waals surface area contributed by atoms with Crippen LogP contribution >= 0.6 is 0 Å². The summed E-state index contributed by atoms with van der Waals surface area (Å²) in [6.45, 7) is 1.75. The summed E-state index contributed by atoms with van der Waals surface area (Å²) in [6, 6.07) is 14.4. The lowest BCUT2D eigenvalue weighted by atomic mass is 9.94. The Balaban J connectivity index is 1.96. The molecule has 0 fully saturated rings. The molecule has 4 rings (SSSR count). The van der Waals surface area contributed by atoms with Gasteiger partial charge >= 0.3 is 12.1 Å². The van der Waals surface area contributed by atoms with E-state index in [9.17, 15) is 27.5 Å². The summed E-state index contributed by atoms with van der Waals surface area (Å²) in [5.41, 5.74) is -0.480. The van der Waals surface area contributed by atoms with Crippen molar-refractivity contribution in [3.63, 3.8) is 0 Å². The molecule has 0 bridgehead atoms. The van der Waals surface area contributed by atoms with Gasteiger partial charge in [-0.1, -0.05) is 18.2 Å². The molecule has 4 nitrogen and oxygen atoms in total. The number of phenolic OH excluding ortho intramolecular Hbond substituents is 1. The van der Waals surface area contributed by atoms with Gasteiger partial charge in [0.25, 0.3) is 0 Å². The number of benzene rings is 4. The zero-order valence-corrected chi connectivity index (χ0v) is 17.1. The van der Waals surface area contributed by atoms with E-state index in [2.05, 4.69) is 0 Å². The summed E-state index contributed by atoms with van der Waals surface area (Å²) >= 11 is 0. The van der Waals surface area contributed by atoms with Gasteiger partial charge in [0, 0.05) is 10.9 Å². The van der Waals surface area contributed by atoms with Crippen molar-refractivity contribution in [2.75, 3.05) is 0 Å². The van der Waals surface area contributed by atoms with Crippen molar-refractivity contribution >= 4 is 16.7 Å². The molecular weight excluding hydrogens is 440 g/mol. The quantitative estimate of drug-likeness (QED) is 0.320. The number of aromatic hydroxyl groups is 1. The first kappa shape index (κ1) is 22.1. The molecule has 0 atom stereocenters. The summed E-state index contributed by atoms with van der Waals surface area (Å²) in [5, 5.41) is 20.1. The molecule has 0 radical (unpaired) electrons. The number of hydrogen-bond donors (Lipinski definition) is 2. The molecule has 33 heavy (non-hydrogen) atoms. The number of ether oxygens (including phenoxy) is 1. The number of carbonyl (C=O) groups is 1. The first-order chi connectivity index (χ1) is 15.5. The van der Waals surface area contributed by atoms with Crippen LogP contribution < -0.4 is 4.74 Å². The van der Waals surface area contributed by atoms with Crippen LogP contribution in [0.25, 0.3) is 21.9 Å². The van der Waals surface area contributed by atoms with Crippen molar-refractivity contribution in [3.8, 4) is 28.4 Å². The fourth-order valence-corrected chi connectivity index (χ4v) is 3.70. The normalized spacial score (nSPS) is 11.5. The van der Waals surface area contributed by atoms with Crippen molar-refractivity contribution < 1.29 is 37.3 Å². The maximum atomic E-state index is 13.5. The van der Waals surface area contributed by atoms with Crippen molar-refractivity contribution in [2.24, 2.45) is 0 Å². The number of alkyl halides is 3. The second-order valence-electron chi connectivity index (χ2n) is 7.42. The third-order valence-electron chi connectivity index (χ3n) is 5.15. The summed E-state index contributed by atoms with van der Waals surface area (Å²) in [4.78, 5) is 11.3. The average molecular weight is 456 g/mol. The maximum absolute atomic E-state index is 13.5. The lowest BCUT2D eigenvalue weighted by Crippen LogP contribution is -2.13. The van der Waals surface area contributed by atoms with Gasteiger partial charge in [0.2, 0.25) is 0 Å². The molecule has 168 valence electrons. The topological polar surface area (TPSA) is 66.8 Å². The van der Waals surface area contributed by atoms with Crippen molar-refractivity contribution in [1.29, 1.82) is 0 Å². The van der Waals surface area contributed by atoms with Crippen LogP contribution in [0.5, 0.6) is 17.2 Å². The van der Waals surface area contributed by atoms with E-state index in [0.717, 1.165) is 12.1 Å². The number of rotatable bonds is 4. The van der Waals surface area contributed by atoms with E-state index in [-0.39, 0.29) is 17.2 Å². The van der Waals surface area contributed by atoms with Crippen LogP contribution in [0, 0.1) is 12.7 Å². The maximum Gasteiger partial charge on any atom is 0.417 e. The lowest BCUT2D eigenvalue weighted by molar-refractivity contribution is -0.138. The largest absolute Gasteiger partial charge is 0.508 e. The van der Waals surface area contributed by atoms with E-state index in [4.69, 9.17) is 9.84 Å². The molecule has 0 aromatic heterocycles. The van der Waals surface area contributed by atoms with E-state index in [1.807, 2.05) is 0 Å². The fraction of sp³-hybridized carbons (Fsp3) is 0.0800. The van der Waals surface area contributed by atoms with Gasteiger partial charge in [-0.25, -0.2) is 9.18 Å². The first-order valence-corrected chi connectivity index (χ1v) is 9.69. The molecule has 0 saturated carbocycles. The Kier molecular flexibility index (Phi) is 5.45. The first-order valence-electron chi connectivity index (χ1n) is 9.69. The summed E-state index contributed by atoms with van der Waals surface area (Å²) in [5.74, 6) is -2.21. The van der Waals surface area contributed by atoms with Crippen LogP contribution in [0.1, 0.15) is 21.5 Å². The Bertz CT molecular complexity index is 1380. The Labute approximate surface area is 185 Å². The minimum absolute atomic E-state index is 0.00690. The predicted molar refractivity (Wildman–Crippen MR) is 114 cm³/mol. The van der Waals surface area contributed by atoms with E-state index in [1.54, 1.807) is 19.1 Å². The number of hydrogen-bond acceptors (Lipinski definition) is 3. The van der Waals surface area contributed by atoms with Crippen molar-refractivity contribution in [3.05, 3.63) is 89.2 Å². The van der Waals surface area contributed by atoms with Gasteiger partial charge in [-0.3, -0.25) is 0 Å². The molecular formula is C25H16F4O4. The van der Waals surface area contributed by atoms with Gasteiger partial charge in [-0.05, 0) is 72.0 Å². The van der Waals surface area contributed by atoms with Crippen LogP contribution in [0.15, 0.2) is 66.7 Å².